The van der Waals surface area contributed by atoms with Gasteiger partial charge in [0.1, 0.15) is 5.75 Å². The van der Waals surface area contributed by atoms with Gasteiger partial charge in [-0.05, 0) is 66.1 Å². The Bertz CT molecular complexity index is 1060. The van der Waals surface area contributed by atoms with Gasteiger partial charge in [0.05, 0.1) is 12.6 Å². The summed E-state index contributed by atoms with van der Waals surface area (Å²) in [6, 6.07) is 25.0. The highest BCUT2D eigenvalue weighted by Crippen LogP contribution is 2.31. The summed E-state index contributed by atoms with van der Waals surface area (Å²) in [5.41, 5.74) is 3.49. The Kier molecular flexibility index (Phi) is 8.59. The Morgan fingerprint density at radius 1 is 0.853 bits per heavy atom. The molecule has 0 unspecified atom stereocenters. The predicted molar refractivity (Wildman–Crippen MR) is 145 cm³/mol. The van der Waals surface area contributed by atoms with E-state index in [0.717, 1.165) is 33.3 Å². The molecular weight excluding hydrogens is 556 g/mol. The van der Waals surface area contributed by atoms with Gasteiger partial charge >= 0.3 is 0 Å². The second-order valence-corrected chi connectivity index (χ2v) is 10.0. The highest BCUT2D eigenvalue weighted by molar-refractivity contribution is 9.10. The number of benzene rings is 3. The molecule has 3 aromatic rings. The molecule has 0 radical (unpaired) electrons. The van der Waals surface area contributed by atoms with Crippen molar-refractivity contribution in [1.82, 2.24) is 9.80 Å². The summed E-state index contributed by atoms with van der Waals surface area (Å²) in [5, 5.41) is 0. The van der Waals surface area contributed by atoms with E-state index in [0.29, 0.717) is 19.7 Å². The van der Waals surface area contributed by atoms with Crippen LogP contribution >= 0.6 is 31.9 Å². The number of rotatable bonds is 7. The number of hydrogen-bond donors (Lipinski definition) is 0. The molecule has 176 valence electrons. The molecule has 34 heavy (non-hydrogen) atoms. The summed E-state index contributed by atoms with van der Waals surface area (Å²) in [6.45, 7) is 5.65. The SMILES string of the molecule is CCOc1ccc(C=CC(=O)N2CCN(C(c3ccc(Br)cc3)c3ccc(Br)cc3)CC2)cc1. The van der Waals surface area contributed by atoms with E-state index in [1.165, 1.54) is 11.1 Å². The van der Waals surface area contributed by atoms with Gasteiger partial charge in [0, 0.05) is 41.2 Å². The number of halogens is 2. The van der Waals surface area contributed by atoms with Gasteiger partial charge in [0.15, 0.2) is 0 Å². The standard InChI is InChI=1S/C28H28Br2N2O2/c1-2-34-26-14-3-21(4-15-26)5-16-27(33)31-17-19-32(20-18-31)28(22-6-10-24(29)11-7-22)23-8-12-25(30)13-9-23/h3-16,28H,2,17-20H2,1H3. The van der Waals surface area contributed by atoms with E-state index in [2.05, 4.69) is 85.3 Å². The van der Waals surface area contributed by atoms with Crippen molar-refractivity contribution in [1.29, 1.82) is 0 Å². The van der Waals surface area contributed by atoms with Crippen molar-refractivity contribution in [3.8, 4) is 5.75 Å². The predicted octanol–water partition coefficient (Wildman–Crippen LogP) is 6.56. The molecule has 1 amide bonds. The van der Waals surface area contributed by atoms with Crippen molar-refractivity contribution in [2.24, 2.45) is 0 Å². The molecule has 0 aromatic heterocycles. The Hall–Kier alpha value is -2.41. The molecular formula is C28H28Br2N2O2. The van der Waals surface area contributed by atoms with E-state index in [1.54, 1.807) is 6.08 Å². The Labute approximate surface area is 218 Å². The summed E-state index contributed by atoms with van der Waals surface area (Å²) in [7, 11) is 0. The molecule has 0 aliphatic carbocycles. The van der Waals surface area contributed by atoms with Crippen LogP contribution in [0.4, 0.5) is 0 Å². The average Bonchev–Trinajstić information content (AvgIpc) is 2.86. The topological polar surface area (TPSA) is 32.8 Å². The number of ether oxygens (including phenoxy) is 1. The minimum absolute atomic E-state index is 0.0531. The summed E-state index contributed by atoms with van der Waals surface area (Å²) in [4.78, 5) is 17.2. The lowest BCUT2D eigenvalue weighted by Crippen LogP contribution is -2.49. The van der Waals surface area contributed by atoms with E-state index < -0.39 is 0 Å². The van der Waals surface area contributed by atoms with Crippen LogP contribution in [-0.4, -0.2) is 48.5 Å². The average molecular weight is 584 g/mol. The molecule has 4 rings (SSSR count). The Morgan fingerprint density at radius 2 is 1.38 bits per heavy atom. The van der Waals surface area contributed by atoms with Gasteiger partial charge in [-0.3, -0.25) is 9.69 Å². The van der Waals surface area contributed by atoms with E-state index in [9.17, 15) is 4.79 Å². The van der Waals surface area contributed by atoms with Crippen LogP contribution in [-0.2, 0) is 4.79 Å². The van der Waals surface area contributed by atoms with Crippen LogP contribution < -0.4 is 4.74 Å². The molecule has 0 N–H and O–H groups in total. The second kappa shape index (κ2) is 11.8. The molecule has 0 atom stereocenters. The summed E-state index contributed by atoms with van der Waals surface area (Å²) in [5.74, 6) is 0.894. The van der Waals surface area contributed by atoms with E-state index in [1.807, 2.05) is 42.2 Å². The summed E-state index contributed by atoms with van der Waals surface area (Å²) >= 11 is 7.09. The van der Waals surface area contributed by atoms with Gasteiger partial charge in [-0.1, -0.05) is 68.3 Å². The fraction of sp³-hybridized carbons (Fsp3) is 0.250. The fourth-order valence-corrected chi connectivity index (χ4v) is 4.75. The third-order valence-corrected chi connectivity index (χ3v) is 7.03. The largest absolute Gasteiger partial charge is 0.494 e. The quantitative estimate of drug-likeness (QED) is 0.295. The zero-order valence-electron chi connectivity index (χ0n) is 19.2. The van der Waals surface area contributed by atoms with Crippen LogP contribution in [0.1, 0.15) is 29.7 Å². The van der Waals surface area contributed by atoms with Crippen LogP contribution in [0.15, 0.2) is 87.8 Å². The monoisotopic (exact) mass is 582 g/mol. The molecule has 3 aromatic carbocycles. The van der Waals surface area contributed by atoms with Crippen LogP contribution in [0.3, 0.4) is 0 Å². The van der Waals surface area contributed by atoms with Crippen molar-refractivity contribution >= 4 is 43.8 Å². The number of hydrogen-bond acceptors (Lipinski definition) is 3. The lowest BCUT2D eigenvalue weighted by Gasteiger charge is -2.39. The minimum Gasteiger partial charge on any atom is -0.494 e. The first-order chi connectivity index (χ1) is 16.5. The maximum absolute atomic E-state index is 12.8. The number of carbonyl (C=O) groups is 1. The van der Waals surface area contributed by atoms with Gasteiger partial charge in [-0.25, -0.2) is 0 Å². The van der Waals surface area contributed by atoms with Crippen LogP contribution in [0.5, 0.6) is 5.75 Å². The van der Waals surface area contributed by atoms with Crippen molar-refractivity contribution in [3.63, 3.8) is 0 Å². The first kappa shape index (κ1) is 24.7. The van der Waals surface area contributed by atoms with Gasteiger partial charge < -0.3 is 9.64 Å². The van der Waals surface area contributed by atoms with Gasteiger partial charge in [0.25, 0.3) is 0 Å². The zero-order chi connectivity index (χ0) is 23.9. The van der Waals surface area contributed by atoms with Gasteiger partial charge in [0.2, 0.25) is 5.91 Å². The minimum atomic E-state index is 0.0531. The summed E-state index contributed by atoms with van der Waals surface area (Å²) < 4.78 is 7.62. The molecule has 1 saturated heterocycles. The lowest BCUT2D eigenvalue weighted by atomic mass is 9.96. The molecule has 4 nitrogen and oxygen atoms in total. The Morgan fingerprint density at radius 3 is 1.88 bits per heavy atom. The van der Waals surface area contributed by atoms with Crippen molar-refractivity contribution < 1.29 is 9.53 Å². The maximum atomic E-state index is 12.8. The molecule has 1 aliphatic rings. The first-order valence-corrected chi connectivity index (χ1v) is 13.1. The summed E-state index contributed by atoms with van der Waals surface area (Å²) in [6.07, 6.45) is 3.54. The van der Waals surface area contributed by atoms with Gasteiger partial charge in [-0.15, -0.1) is 0 Å². The first-order valence-electron chi connectivity index (χ1n) is 11.5. The molecule has 6 heteroatoms. The highest BCUT2D eigenvalue weighted by atomic mass is 79.9. The number of nitrogens with zero attached hydrogens (tertiary/aromatic N) is 2. The maximum Gasteiger partial charge on any atom is 0.246 e. The van der Waals surface area contributed by atoms with Crippen LogP contribution in [0.25, 0.3) is 6.08 Å². The van der Waals surface area contributed by atoms with Crippen LogP contribution in [0, 0.1) is 0 Å². The van der Waals surface area contributed by atoms with Crippen molar-refractivity contribution in [2.75, 3.05) is 32.8 Å². The molecule has 0 bridgehead atoms. The second-order valence-electron chi connectivity index (χ2n) is 8.20. The third kappa shape index (κ3) is 6.38. The highest BCUT2D eigenvalue weighted by Gasteiger charge is 2.27. The van der Waals surface area contributed by atoms with E-state index >= 15 is 0 Å². The molecule has 0 spiro atoms. The normalized spacial score (nSPS) is 14.6. The smallest absolute Gasteiger partial charge is 0.246 e. The van der Waals surface area contributed by atoms with Crippen molar-refractivity contribution in [3.05, 3.63) is 105 Å². The zero-order valence-corrected chi connectivity index (χ0v) is 22.3. The number of carbonyl (C=O) groups excluding carboxylic acids is 1. The third-order valence-electron chi connectivity index (χ3n) is 5.97. The molecule has 1 aliphatic heterocycles. The van der Waals surface area contributed by atoms with E-state index in [-0.39, 0.29) is 11.9 Å². The molecule has 1 heterocycles. The lowest BCUT2D eigenvalue weighted by molar-refractivity contribution is -0.127. The van der Waals surface area contributed by atoms with E-state index in [4.69, 9.17) is 4.74 Å². The fourth-order valence-electron chi connectivity index (χ4n) is 4.22. The molecule has 1 fully saturated rings. The molecule has 0 saturated carbocycles. The number of piperazine rings is 1. The van der Waals surface area contributed by atoms with Gasteiger partial charge in [-0.2, -0.15) is 0 Å². The van der Waals surface area contributed by atoms with Crippen LogP contribution in [0.2, 0.25) is 0 Å². The van der Waals surface area contributed by atoms with Crippen molar-refractivity contribution in [2.45, 2.75) is 13.0 Å². The Balaban J connectivity index is 1.42. The number of amides is 1.